The molecule has 0 aliphatic heterocycles. The molecule has 1 aromatic rings. The molecular weight excluding hydrogens is 290 g/mol. The van der Waals surface area contributed by atoms with Crippen molar-refractivity contribution in [2.75, 3.05) is 25.5 Å². The van der Waals surface area contributed by atoms with Crippen molar-refractivity contribution >= 4 is 21.6 Å². The summed E-state index contributed by atoms with van der Waals surface area (Å²) in [4.78, 5) is 2.14. The van der Waals surface area contributed by atoms with E-state index >= 15 is 0 Å². The standard InChI is InChI=1S/C14H20BrN3/c1-10(8-16)9-18(4)14-7-12(15)5-6-13(14)11(2)17-3/h5-7,10-11,17H,9H2,1-4H3. The van der Waals surface area contributed by atoms with Crippen molar-refractivity contribution in [3.8, 4) is 6.07 Å². The van der Waals surface area contributed by atoms with Crippen molar-refractivity contribution in [2.24, 2.45) is 5.92 Å². The van der Waals surface area contributed by atoms with Gasteiger partial charge in [-0.2, -0.15) is 5.26 Å². The van der Waals surface area contributed by atoms with Crippen LogP contribution in [0.3, 0.4) is 0 Å². The number of anilines is 1. The summed E-state index contributed by atoms with van der Waals surface area (Å²) in [6.45, 7) is 4.81. The van der Waals surface area contributed by atoms with E-state index in [2.05, 4.69) is 51.3 Å². The van der Waals surface area contributed by atoms with Crippen LogP contribution in [0, 0.1) is 17.2 Å². The molecule has 1 aromatic carbocycles. The lowest BCUT2D eigenvalue weighted by atomic mass is 10.0. The van der Waals surface area contributed by atoms with Gasteiger partial charge in [0.2, 0.25) is 0 Å². The Bertz CT molecular complexity index is 439. The molecule has 0 bridgehead atoms. The molecule has 0 heterocycles. The third-order valence-electron chi connectivity index (χ3n) is 3.07. The summed E-state index contributed by atoms with van der Waals surface area (Å²) in [5.74, 6) is 0.0201. The van der Waals surface area contributed by atoms with Crippen LogP contribution in [0.25, 0.3) is 0 Å². The van der Waals surface area contributed by atoms with E-state index in [0.29, 0.717) is 0 Å². The zero-order valence-corrected chi connectivity index (χ0v) is 13.0. The van der Waals surface area contributed by atoms with Crippen molar-refractivity contribution in [3.63, 3.8) is 0 Å². The van der Waals surface area contributed by atoms with Crippen molar-refractivity contribution in [2.45, 2.75) is 19.9 Å². The molecule has 3 nitrogen and oxygen atoms in total. The SMILES string of the molecule is CNC(C)c1ccc(Br)cc1N(C)CC(C)C#N. The van der Waals surface area contributed by atoms with Gasteiger partial charge in [0.15, 0.2) is 0 Å². The summed E-state index contributed by atoms with van der Waals surface area (Å²) in [6, 6.07) is 8.83. The van der Waals surface area contributed by atoms with Gasteiger partial charge in [-0.3, -0.25) is 0 Å². The zero-order valence-electron chi connectivity index (χ0n) is 11.4. The predicted octanol–water partition coefficient (Wildman–Crippen LogP) is 3.33. The molecule has 2 unspecified atom stereocenters. The van der Waals surface area contributed by atoms with Gasteiger partial charge >= 0.3 is 0 Å². The van der Waals surface area contributed by atoms with Gasteiger partial charge in [-0.1, -0.05) is 22.0 Å². The van der Waals surface area contributed by atoms with Gasteiger partial charge in [-0.15, -0.1) is 0 Å². The molecule has 0 fully saturated rings. The Kier molecular flexibility index (Phi) is 5.64. The molecule has 98 valence electrons. The first-order valence-electron chi connectivity index (χ1n) is 6.07. The Morgan fingerprint density at radius 1 is 1.44 bits per heavy atom. The Morgan fingerprint density at radius 3 is 2.67 bits per heavy atom. The van der Waals surface area contributed by atoms with E-state index in [-0.39, 0.29) is 12.0 Å². The fourth-order valence-electron chi connectivity index (χ4n) is 1.92. The fraction of sp³-hybridized carbons (Fsp3) is 0.500. The lowest BCUT2D eigenvalue weighted by Crippen LogP contribution is -2.26. The van der Waals surface area contributed by atoms with Crippen molar-refractivity contribution in [1.29, 1.82) is 5.26 Å². The summed E-state index contributed by atoms with van der Waals surface area (Å²) in [6.07, 6.45) is 0. The maximum Gasteiger partial charge on any atom is 0.0671 e. The molecule has 18 heavy (non-hydrogen) atoms. The Labute approximate surface area is 118 Å². The van der Waals surface area contributed by atoms with E-state index in [1.807, 2.05) is 27.1 Å². The van der Waals surface area contributed by atoms with Gasteiger partial charge in [-0.05, 0) is 38.6 Å². The van der Waals surface area contributed by atoms with Crippen LogP contribution < -0.4 is 10.2 Å². The van der Waals surface area contributed by atoms with Gasteiger partial charge < -0.3 is 10.2 Å². The number of nitriles is 1. The van der Waals surface area contributed by atoms with Gasteiger partial charge in [-0.25, -0.2) is 0 Å². The molecule has 0 saturated carbocycles. The molecule has 0 aliphatic carbocycles. The van der Waals surface area contributed by atoms with Crippen LogP contribution in [0.15, 0.2) is 22.7 Å². The van der Waals surface area contributed by atoms with Gasteiger partial charge in [0.1, 0.15) is 0 Å². The topological polar surface area (TPSA) is 39.1 Å². The molecule has 4 heteroatoms. The van der Waals surface area contributed by atoms with Crippen LogP contribution in [0.1, 0.15) is 25.5 Å². The average molecular weight is 310 g/mol. The Balaban J connectivity index is 3.05. The molecule has 0 saturated heterocycles. The van der Waals surface area contributed by atoms with Crippen LogP contribution in [-0.2, 0) is 0 Å². The summed E-state index contributed by atoms with van der Waals surface area (Å²) >= 11 is 3.51. The highest BCUT2D eigenvalue weighted by Gasteiger charge is 2.14. The quantitative estimate of drug-likeness (QED) is 0.907. The van der Waals surface area contributed by atoms with Crippen LogP contribution in [-0.4, -0.2) is 20.6 Å². The number of nitrogens with zero attached hydrogens (tertiary/aromatic N) is 2. The highest BCUT2D eigenvalue weighted by Crippen LogP contribution is 2.29. The molecule has 1 rings (SSSR count). The number of hydrogen-bond acceptors (Lipinski definition) is 3. The normalized spacial score (nSPS) is 13.8. The highest BCUT2D eigenvalue weighted by molar-refractivity contribution is 9.10. The second-order valence-corrected chi connectivity index (χ2v) is 5.54. The predicted molar refractivity (Wildman–Crippen MR) is 79.7 cm³/mol. The van der Waals surface area contributed by atoms with E-state index in [0.717, 1.165) is 16.7 Å². The van der Waals surface area contributed by atoms with Crippen LogP contribution in [0.5, 0.6) is 0 Å². The maximum atomic E-state index is 8.91. The van der Waals surface area contributed by atoms with Crippen LogP contribution in [0.4, 0.5) is 5.69 Å². The monoisotopic (exact) mass is 309 g/mol. The first-order valence-corrected chi connectivity index (χ1v) is 6.86. The maximum absolute atomic E-state index is 8.91. The fourth-order valence-corrected chi connectivity index (χ4v) is 2.27. The molecule has 0 aromatic heterocycles. The third-order valence-corrected chi connectivity index (χ3v) is 3.56. The first kappa shape index (κ1) is 15.0. The Morgan fingerprint density at radius 2 is 2.11 bits per heavy atom. The number of halogens is 1. The smallest absolute Gasteiger partial charge is 0.0671 e. The van der Waals surface area contributed by atoms with Crippen LogP contribution in [0.2, 0.25) is 0 Å². The van der Waals surface area contributed by atoms with Crippen molar-refractivity contribution < 1.29 is 0 Å². The summed E-state index contributed by atoms with van der Waals surface area (Å²) < 4.78 is 1.06. The first-order chi connectivity index (χ1) is 8.49. The van der Waals surface area contributed by atoms with E-state index in [4.69, 9.17) is 5.26 Å². The van der Waals surface area contributed by atoms with Crippen molar-refractivity contribution in [1.82, 2.24) is 5.32 Å². The lowest BCUT2D eigenvalue weighted by Gasteiger charge is -2.26. The second-order valence-electron chi connectivity index (χ2n) is 4.62. The number of hydrogen-bond donors (Lipinski definition) is 1. The lowest BCUT2D eigenvalue weighted by molar-refractivity contribution is 0.644. The highest BCUT2D eigenvalue weighted by atomic mass is 79.9. The largest absolute Gasteiger partial charge is 0.373 e. The summed E-state index contributed by atoms with van der Waals surface area (Å²) in [5, 5.41) is 12.2. The average Bonchev–Trinajstić information content (AvgIpc) is 2.37. The second kappa shape index (κ2) is 6.77. The van der Waals surface area contributed by atoms with E-state index in [1.165, 1.54) is 5.56 Å². The van der Waals surface area contributed by atoms with E-state index in [1.54, 1.807) is 0 Å². The molecule has 0 spiro atoms. The molecular formula is C14H20BrN3. The van der Waals surface area contributed by atoms with Crippen LogP contribution >= 0.6 is 15.9 Å². The third kappa shape index (κ3) is 3.72. The van der Waals surface area contributed by atoms with Gasteiger partial charge in [0.05, 0.1) is 12.0 Å². The number of rotatable bonds is 5. The van der Waals surface area contributed by atoms with E-state index in [9.17, 15) is 0 Å². The minimum atomic E-state index is 0.0201. The zero-order chi connectivity index (χ0) is 13.7. The molecule has 2 atom stereocenters. The molecule has 0 aliphatic rings. The van der Waals surface area contributed by atoms with Gasteiger partial charge in [0.25, 0.3) is 0 Å². The number of benzene rings is 1. The van der Waals surface area contributed by atoms with E-state index < -0.39 is 0 Å². The minimum absolute atomic E-state index is 0.0201. The summed E-state index contributed by atoms with van der Waals surface area (Å²) in [5.41, 5.74) is 2.40. The Hall–Kier alpha value is -1.05. The van der Waals surface area contributed by atoms with Crippen molar-refractivity contribution in [3.05, 3.63) is 28.2 Å². The minimum Gasteiger partial charge on any atom is -0.373 e. The number of nitrogens with one attached hydrogen (secondary N) is 1. The van der Waals surface area contributed by atoms with Gasteiger partial charge in [0, 0.05) is 29.8 Å². The molecule has 0 radical (unpaired) electrons. The summed E-state index contributed by atoms with van der Waals surface area (Å²) in [7, 11) is 3.98. The molecule has 1 N–H and O–H groups in total. The molecule has 0 amide bonds.